The Hall–Kier alpha value is -3.47. The van der Waals surface area contributed by atoms with Crippen LogP contribution < -0.4 is 9.64 Å². The van der Waals surface area contributed by atoms with Crippen molar-refractivity contribution < 1.29 is 18.7 Å². The number of amides is 2. The zero-order valence-electron chi connectivity index (χ0n) is 13.0. The number of carbonyl (C=O) groups is 2. The fourth-order valence-corrected chi connectivity index (χ4v) is 2.78. The molecule has 0 N–H and O–H groups in total. The van der Waals surface area contributed by atoms with Crippen molar-refractivity contribution in [2.24, 2.45) is 0 Å². The highest BCUT2D eigenvalue weighted by Crippen LogP contribution is 2.37. The smallest absolute Gasteiger partial charge is 0.266 e. The Labute approximate surface area is 143 Å². The summed E-state index contributed by atoms with van der Waals surface area (Å²) >= 11 is 0. The maximum absolute atomic E-state index is 13.9. The van der Waals surface area contributed by atoms with Crippen molar-refractivity contribution in [1.29, 1.82) is 0 Å². The summed E-state index contributed by atoms with van der Waals surface area (Å²) in [5.41, 5.74) is 0.957. The van der Waals surface area contributed by atoms with Crippen LogP contribution in [0.2, 0.25) is 0 Å². The molecule has 0 atom stereocenters. The molecule has 3 aromatic carbocycles. The molecule has 5 heteroatoms. The Morgan fingerprint density at radius 1 is 0.680 bits per heavy atom. The van der Waals surface area contributed by atoms with Gasteiger partial charge in [0.1, 0.15) is 0 Å². The average Bonchev–Trinajstić information content (AvgIpc) is 2.89. The summed E-state index contributed by atoms with van der Waals surface area (Å²) in [5.74, 6) is -1.14. The second-order valence-electron chi connectivity index (χ2n) is 5.49. The van der Waals surface area contributed by atoms with Crippen molar-refractivity contribution in [3.63, 3.8) is 0 Å². The van der Waals surface area contributed by atoms with Crippen LogP contribution in [0.15, 0.2) is 72.8 Å². The van der Waals surface area contributed by atoms with E-state index in [9.17, 15) is 14.0 Å². The molecule has 0 unspecified atom stereocenters. The van der Waals surface area contributed by atoms with E-state index < -0.39 is 17.6 Å². The largest absolute Gasteiger partial charge is 0.452 e. The molecule has 0 saturated heterocycles. The summed E-state index contributed by atoms with van der Waals surface area (Å²) in [6.07, 6.45) is 0. The zero-order chi connectivity index (χ0) is 17.4. The molecule has 0 bridgehead atoms. The van der Waals surface area contributed by atoms with E-state index in [4.69, 9.17) is 4.74 Å². The minimum absolute atomic E-state index is 0.0200. The first kappa shape index (κ1) is 15.1. The molecule has 0 radical (unpaired) electrons. The Kier molecular flexibility index (Phi) is 3.54. The topological polar surface area (TPSA) is 46.6 Å². The molecule has 1 aliphatic heterocycles. The van der Waals surface area contributed by atoms with Crippen LogP contribution >= 0.6 is 0 Å². The number of halogens is 1. The van der Waals surface area contributed by atoms with E-state index in [1.807, 2.05) is 0 Å². The normalized spacial score (nSPS) is 13.1. The molecular weight excluding hydrogens is 321 g/mol. The fraction of sp³-hybridized carbons (Fsp3) is 0. The van der Waals surface area contributed by atoms with Gasteiger partial charge in [-0.25, -0.2) is 9.29 Å². The summed E-state index contributed by atoms with van der Waals surface area (Å²) in [6.45, 7) is 0. The second-order valence-corrected chi connectivity index (χ2v) is 5.49. The molecular formula is C20H12FNO3. The molecule has 3 aromatic rings. The molecule has 2 amide bonds. The molecule has 0 aromatic heterocycles. The number of anilines is 1. The summed E-state index contributed by atoms with van der Waals surface area (Å²) in [5, 5.41) is 0. The third kappa shape index (κ3) is 2.46. The van der Waals surface area contributed by atoms with Gasteiger partial charge in [0, 0.05) is 0 Å². The highest BCUT2D eigenvalue weighted by atomic mass is 19.1. The van der Waals surface area contributed by atoms with E-state index in [1.54, 1.807) is 60.7 Å². The number of benzene rings is 3. The maximum atomic E-state index is 13.9. The van der Waals surface area contributed by atoms with Crippen LogP contribution in [0.5, 0.6) is 11.5 Å². The quantitative estimate of drug-likeness (QED) is 0.667. The van der Waals surface area contributed by atoms with E-state index in [0.717, 1.165) is 4.90 Å². The first-order valence-corrected chi connectivity index (χ1v) is 7.66. The predicted octanol–water partition coefficient (Wildman–Crippen LogP) is 4.42. The Balaban J connectivity index is 1.77. The van der Waals surface area contributed by atoms with Crippen molar-refractivity contribution in [1.82, 2.24) is 0 Å². The van der Waals surface area contributed by atoms with Crippen molar-refractivity contribution in [3.05, 3.63) is 89.7 Å². The maximum Gasteiger partial charge on any atom is 0.266 e. The van der Waals surface area contributed by atoms with Crippen molar-refractivity contribution in [3.8, 4) is 11.5 Å². The molecule has 0 fully saturated rings. The number of para-hydroxylation sites is 3. The summed E-state index contributed by atoms with van der Waals surface area (Å²) in [6, 6.07) is 19.1. The van der Waals surface area contributed by atoms with Gasteiger partial charge in [-0.05, 0) is 36.4 Å². The van der Waals surface area contributed by atoms with E-state index in [-0.39, 0.29) is 17.2 Å². The third-order valence-corrected chi connectivity index (χ3v) is 3.96. The monoisotopic (exact) mass is 333 g/mol. The Morgan fingerprint density at radius 2 is 1.20 bits per heavy atom. The first-order chi connectivity index (χ1) is 12.2. The molecule has 1 heterocycles. The number of hydrogen-bond acceptors (Lipinski definition) is 3. The molecule has 122 valence electrons. The summed E-state index contributed by atoms with van der Waals surface area (Å²) in [4.78, 5) is 26.4. The first-order valence-electron chi connectivity index (χ1n) is 7.66. The van der Waals surface area contributed by atoms with Crippen molar-refractivity contribution in [2.75, 3.05) is 4.90 Å². The number of rotatable bonds is 3. The van der Waals surface area contributed by atoms with Crippen molar-refractivity contribution in [2.45, 2.75) is 0 Å². The molecule has 0 saturated carbocycles. The molecule has 25 heavy (non-hydrogen) atoms. The van der Waals surface area contributed by atoms with Crippen LogP contribution in [0.4, 0.5) is 10.1 Å². The van der Waals surface area contributed by atoms with Gasteiger partial charge in [0.2, 0.25) is 0 Å². The lowest BCUT2D eigenvalue weighted by Gasteiger charge is -2.18. The molecule has 4 rings (SSSR count). The summed E-state index contributed by atoms with van der Waals surface area (Å²) in [7, 11) is 0. The van der Waals surface area contributed by atoms with Crippen LogP contribution in [-0.4, -0.2) is 11.8 Å². The average molecular weight is 333 g/mol. The van der Waals surface area contributed by atoms with Crippen LogP contribution in [0, 0.1) is 5.82 Å². The van der Waals surface area contributed by atoms with E-state index >= 15 is 0 Å². The highest BCUT2D eigenvalue weighted by molar-refractivity contribution is 6.34. The lowest BCUT2D eigenvalue weighted by Crippen LogP contribution is -2.29. The number of fused-ring (bicyclic) bond motifs is 1. The number of hydrogen-bond donors (Lipinski definition) is 0. The van der Waals surface area contributed by atoms with E-state index in [1.165, 1.54) is 12.1 Å². The van der Waals surface area contributed by atoms with Gasteiger partial charge in [0.15, 0.2) is 17.3 Å². The van der Waals surface area contributed by atoms with Crippen LogP contribution in [0.3, 0.4) is 0 Å². The van der Waals surface area contributed by atoms with Gasteiger partial charge in [0.05, 0.1) is 16.8 Å². The van der Waals surface area contributed by atoms with Gasteiger partial charge in [-0.1, -0.05) is 36.4 Å². The van der Waals surface area contributed by atoms with Gasteiger partial charge in [-0.2, -0.15) is 0 Å². The predicted molar refractivity (Wildman–Crippen MR) is 90.5 cm³/mol. The lowest BCUT2D eigenvalue weighted by molar-refractivity contribution is 0.0925. The number of imide groups is 1. The lowest BCUT2D eigenvalue weighted by atomic mass is 10.1. The SMILES string of the molecule is O=C1c2ccccc2C(=O)N1c1ccccc1Oc1ccccc1F. The zero-order valence-corrected chi connectivity index (χ0v) is 13.0. The van der Waals surface area contributed by atoms with Crippen molar-refractivity contribution >= 4 is 17.5 Å². The fourth-order valence-electron chi connectivity index (χ4n) is 2.78. The van der Waals surface area contributed by atoms with Gasteiger partial charge in [-0.15, -0.1) is 0 Å². The molecule has 4 nitrogen and oxygen atoms in total. The molecule has 1 aliphatic rings. The number of carbonyl (C=O) groups excluding carboxylic acids is 2. The van der Waals surface area contributed by atoms with Gasteiger partial charge < -0.3 is 4.74 Å². The van der Waals surface area contributed by atoms with Crippen LogP contribution in [-0.2, 0) is 0 Å². The van der Waals surface area contributed by atoms with E-state index in [2.05, 4.69) is 0 Å². The minimum Gasteiger partial charge on any atom is -0.452 e. The van der Waals surface area contributed by atoms with Gasteiger partial charge in [-0.3, -0.25) is 9.59 Å². The standard InChI is InChI=1S/C20H12FNO3/c21-15-9-3-5-11-17(15)25-18-12-6-4-10-16(18)22-19(23)13-7-1-2-8-14(13)20(22)24/h1-12H. The highest BCUT2D eigenvalue weighted by Gasteiger charge is 2.37. The Bertz CT molecular complexity index is 964. The summed E-state index contributed by atoms with van der Waals surface area (Å²) < 4.78 is 19.5. The third-order valence-electron chi connectivity index (χ3n) is 3.96. The van der Waals surface area contributed by atoms with E-state index in [0.29, 0.717) is 11.1 Å². The number of ether oxygens (including phenoxy) is 1. The number of nitrogens with zero attached hydrogens (tertiary/aromatic N) is 1. The Morgan fingerprint density at radius 3 is 1.84 bits per heavy atom. The van der Waals surface area contributed by atoms with Gasteiger partial charge in [0.25, 0.3) is 11.8 Å². The second kappa shape index (κ2) is 5.87. The minimum atomic E-state index is -0.528. The molecule has 0 spiro atoms. The van der Waals surface area contributed by atoms with Gasteiger partial charge >= 0.3 is 0 Å². The van der Waals surface area contributed by atoms with Crippen LogP contribution in [0.1, 0.15) is 20.7 Å². The molecule has 0 aliphatic carbocycles. The van der Waals surface area contributed by atoms with Crippen LogP contribution in [0.25, 0.3) is 0 Å².